The Balaban J connectivity index is 1.88. The standard InChI is InChI=1S/C16H23FN2O4S/c1-12-9-19(10-16(12,2)11-20)15(21)18-7-8-24(22,23)14-5-3-13(17)4-6-14/h3-6,12,20H,7-11H2,1-2H3,(H,18,21). The summed E-state index contributed by atoms with van der Waals surface area (Å²) in [7, 11) is -3.57. The number of sulfone groups is 1. The second kappa shape index (κ2) is 7.06. The highest BCUT2D eigenvalue weighted by Gasteiger charge is 2.41. The Labute approximate surface area is 141 Å². The number of carbonyl (C=O) groups is 1. The minimum atomic E-state index is -3.57. The first kappa shape index (κ1) is 18.7. The molecule has 2 atom stereocenters. The minimum absolute atomic E-state index is 0.00308. The molecule has 0 spiro atoms. The van der Waals surface area contributed by atoms with Gasteiger partial charge >= 0.3 is 6.03 Å². The molecule has 2 amide bonds. The quantitative estimate of drug-likeness (QED) is 0.776. The van der Waals surface area contributed by atoms with Gasteiger partial charge in [0.2, 0.25) is 0 Å². The number of carbonyl (C=O) groups excluding carboxylic acids is 1. The Bertz CT molecular complexity index is 693. The Morgan fingerprint density at radius 3 is 2.58 bits per heavy atom. The zero-order valence-corrected chi connectivity index (χ0v) is 14.6. The van der Waals surface area contributed by atoms with Crippen LogP contribution >= 0.6 is 0 Å². The molecular formula is C16H23FN2O4S. The number of likely N-dealkylation sites (tertiary alicyclic amines) is 1. The van der Waals surface area contributed by atoms with Crippen LogP contribution in [0.25, 0.3) is 0 Å². The summed E-state index contributed by atoms with van der Waals surface area (Å²) in [6.07, 6.45) is 0. The maximum absolute atomic E-state index is 12.9. The molecular weight excluding hydrogens is 335 g/mol. The van der Waals surface area contributed by atoms with Gasteiger partial charge in [-0.05, 0) is 30.2 Å². The fourth-order valence-electron chi connectivity index (χ4n) is 2.73. The molecule has 1 aromatic rings. The van der Waals surface area contributed by atoms with Crippen LogP contribution in [0.4, 0.5) is 9.18 Å². The van der Waals surface area contributed by atoms with E-state index in [1.165, 1.54) is 12.1 Å². The highest BCUT2D eigenvalue weighted by molar-refractivity contribution is 7.91. The molecule has 1 aliphatic heterocycles. The van der Waals surface area contributed by atoms with E-state index in [1.807, 2.05) is 13.8 Å². The van der Waals surface area contributed by atoms with E-state index in [1.54, 1.807) is 4.90 Å². The summed E-state index contributed by atoms with van der Waals surface area (Å²) in [5.74, 6) is -0.598. The van der Waals surface area contributed by atoms with Crippen molar-refractivity contribution in [2.45, 2.75) is 18.7 Å². The van der Waals surface area contributed by atoms with Crippen LogP contribution in [0.1, 0.15) is 13.8 Å². The molecule has 1 aromatic carbocycles. The van der Waals surface area contributed by atoms with Crippen molar-refractivity contribution in [1.82, 2.24) is 10.2 Å². The van der Waals surface area contributed by atoms with Crippen LogP contribution in [-0.2, 0) is 9.84 Å². The third kappa shape index (κ3) is 4.05. The Kier molecular flexibility index (Phi) is 5.49. The van der Waals surface area contributed by atoms with Gasteiger partial charge in [0.05, 0.1) is 17.3 Å². The molecule has 134 valence electrons. The number of urea groups is 1. The van der Waals surface area contributed by atoms with Crippen molar-refractivity contribution in [2.24, 2.45) is 11.3 Å². The summed E-state index contributed by atoms with van der Waals surface area (Å²) in [6.45, 7) is 4.82. The SMILES string of the molecule is CC1CN(C(=O)NCCS(=O)(=O)c2ccc(F)cc2)CC1(C)CO. The summed E-state index contributed by atoms with van der Waals surface area (Å²) in [5.41, 5.74) is -0.336. The van der Waals surface area contributed by atoms with Gasteiger partial charge in [0.1, 0.15) is 5.82 Å². The van der Waals surface area contributed by atoms with Crippen LogP contribution in [0.2, 0.25) is 0 Å². The second-order valence-corrected chi connectivity index (χ2v) is 8.71. The van der Waals surface area contributed by atoms with Gasteiger partial charge in [-0.3, -0.25) is 0 Å². The van der Waals surface area contributed by atoms with E-state index in [4.69, 9.17) is 0 Å². The zero-order valence-electron chi connectivity index (χ0n) is 13.8. The third-order valence-corrected chi connectivity index (χ3v) is 6.44. The Morgan fingerprint density at radius 1 is 1.42 bits per heavy atom. The number of aliphatic hydroxyl groups is 1. The van der Waals surface area contributed by atoms with Gasteiger partial charge in [-0.15, -0.1) is 0 Å². The van der Waals surface area contributed by atoms with E-state index in [0.717, 1.165) is 12.1 Å². The lowest BCUT2D eigenvalue weighted by molar-refractivity contribution is 0.119. The van der Waals surface area contributed by atoms with Gasteiger partial charge in [-0.2, -0.15) is 0 Å². The first-order valence-corrected chi connectivity index (χ1v) is 9.45. The number of hydrogen-bond donors (Lipinski definition) is 2. The fraction of sp³-hybridized carbons (Fsp3) is 0.562. The second-order valence-electron chi connectivity index (χ2n) is 6.60. The van der Waals surface area contributed by atoms with Gasteiger partial charge in [-0.25, -0.2) is 17.6 Å². The molecule has 0 bridgehead atoms. The molecule has 0 aromatic heterocycles. The molecule has 1 fully saturated rings. The van der Waals surface area contributed by atoms with Crippen LogP contribution < -0.4 is 5.32 Å². The maximum Gasteiger partial charge on any atom is 0.317 e. The van der Waals surface area contributed by atoms with E-state index in [-0.39, 0.29) is 41.2 Å². The Hall–Kier alpha value is -1.67. The van der Waals surface area contributed by atoms with Gasteiger partial charge in [-0.1, -0.05) is 13.8 Å². The van der Waals surface area contributed by atoms with Crippen molar-refractivity contribution >= 4 is 15.9 Å². The van der Waals surface area contributed by atoms with Crippen molar-refractivity contribution < 1.29 is 22.7 Å². The molecule has 24 heavy (non-hydrogen) atoms. The van der Waals surface area contributed by atoms with E-state index < -0.39 is 15.7 Å². The van der Waals surface area contributed by atoms with Crippen molar-refractivity contribution in [3.63, 3.8) is 0 Å². The van der Waals surface area contributed by atoms with E-state index in [0.29, 0.717) is 13.1 Å². The smallest absolute Gasteiger partial charge is 0.317 e. The number of amides is 2. The highest BCUT2D eigenvalue weighted by Crippen LogP contribution is 2.34. The maximum atomic E-state index is 12.9. The molecule has 1 aliphatic rings. The molecule has 2 rings (SSSR count). The summed E-state index contributed by atoms with van der Waals surface area (Å²) >= 11 is 0. The predicted molar refractivity (Wildman–Crippen MR) is 87.8 cm³/mol. The molecule has 6 nitrogen and oxygen atoms in total. The van der Waals surface area contributed by atoms with E-state index in [2.05, 4.69) is 5.32 Å². The van der Waals surface area contributed by atoms with Gasteiger partial charge in [0, 0.05) is 25.0 Å². The van der Waals surface area contributed by atoms with Gasteiger partial charge < -0.3 is 15.3 Å². The number of halogens is 1. The molecule has 1 heterocycles. The number of nitrogens with zero attached hydrogens (tertiary/aromatic N) is 1. The summed E-state index contributed by atoms with van der Waals surface area (Å²) in [6, 6.07) is 4.26. The molecule has 1 saturated heterocycles. The van der Waals surface area contributed by atoms with Crippen LogP contribution in [0, 0.1) is 17.2 Å². The summed E-state index contributed by atoms with van der Waals surface area (Å²) in [5, 5.41) is 12.1. The largest absolute Gasteiger partial charge is 0.396 e. The third-order valence-electron chi connectivity index (χ3n) is 4.70. The minimum Gasteiger partial charge on any atom is -0.396 e. The van der Waals surface area contributed by atoms with Crippen LogP contribution in [0.15, 0.2) is 29.2 Å². The number of rotatable bonds is 5. The Morgan fingerprint density at radius 2 is 2.04 bits per heavy atom. The number of nitrogens with one attached hydrogen (secondary N) is 1. The number of benzene rings is 1. The normalized spacial score (nSPS) is 24.2. The molecule has 2 unspecified atom stereocenters. The average Bonchev–Trinajstić information content (AvgIpc) is 2.84. The van der Waals surface area contributed by atoms with Crippen LogP contribution in [-0.4, -0.2) is 56.4 Å². The van der Waals surface area contributed by atoms with E-state index >= 15 is 0 Å². The number of hydrogen-bond acceptors (Lipinski definition) is 4. The van der Waals surface area contributed by atoms with Gasteiger partial charge in [0.25, 0.3) is 0 Å². The van der Waals surface area contributed by atoms with Crippen LogP contribution in [0.3, 0.4) is 0 Å². The fourth-order valence-corrected chi connectivity index (χ4v) is 3.89. The van der Waals surface area contributed by atoms with Crippen molar-refractivity contribution in [3.05, 3.63) is 30.1 Å². The lowest BCUT2D eigenvalue weighted by Crippen LogP contribution is -2.41. The molecule has 0 radical (unpaired) electrons. The molecule has 0 aliphatic carbocycles. The lowest BCUT2D eigenvalue weighted by Gasteiger charge is -2.25. The topological polar surface area (TPSA) is 86.7 Å². The predicted octanol–water partition coefficient (Wildman–Crippen LogP) is 1.26. The van der Waals surface area contributed by atoms with Gasteiger partial charge in [0.15, 0.2) is 9.84 Å². The first-order valence-electron chi connectivity index (χ1n) is 7.80. The van der Waals surface area contributed by atoms with Crippen molar-refractivity contribution in [2.75, 3.05) is 32.0 Å². The monoisotopic (exact) mass is 358 g/mol. The summed E-state index contributed by atoms with van der Waals surface area (Å²) in [4.78, 5) is 13.8. The molecule has 0 saturated carbocycles. The lowest BCUT2D eigenvalue weighted by atomic mass is 9.82. The number of aliphatic hydroxyl groups excluding tert-OH is 1. The molecule has 8 heteroatoms. The summed E-state index contributed by atoms with van der Waals surface area (Å²) < 4.78 is 37.1. The highest BCUT2D eigenvalue weighted by atomic mass is 32.2. The first-order chi connectivity index (χ1) is 11.2. The van der Waals surface area contributed by atoms with E-state index in [9.17, 15) is 22.7 Å². The average molecular weight is 358 g/mol. The zero-order chi connectivity index (χ0) is 18.0. The van der Waals surface area contributed by atoms with Crippen molar-refractivity contribution in [3.8, 4) is 0 Å². The van der Waals surface area contributed by atoms with Crippen LogP contribution in [0.5, 0.6) is 0 Å². The molecule has 2 N–H and O–H groups in total. The van der Waals surface area contributed by atoms with Crippen molar-refractivity contribution in [1.29, 1.82) is 0 Å².